The van der Waals surface area contributed by atoms with Gasteiger partial charge in [0.05, 0.1) is 6.10 Å². The first-order valence-corrected chi connectivity index (χ1v) is 3.67. The predicted octanol–water partition coefficient (Wildman–Crippen LogP) is -4.34. The van der Waals surface area contributed by atoms with Crippen molar-refractivity contribution in [3.63, 3.8) is 0 Å². The second-order valence-electron chi connectivity index (χ2n) is 2.88. The van der Waals surface area contributed by atoms with E-state index < -0.39 is 0 Å². The molecule has 4 heteroatoms. The maximum absolute atomic E-state index is 9.18. The first kappa shape index (κ1) is 11.9. The Morgan fingerprint density at radius 1 is 1.36 bits per heavy atom. The van der Waals surface area contributed by atoms with Crippen molar-refractivity contribution in [2.24, 2.45) is 5.92 Å². The topological polar surface area (TPSA) is 46.5 Å². The van der Waals surface area contributed by atoms with Gasteiger partial charge >= 0.3 is 29.6 Å². The van der Waals surface area contributed by atoms with Crippen molar-refractivity contribution in [1.82, 2.24) is 4.90 Å². The third-order valence-electron chi connectivity index (χ3n) is 2.30. The van der Waals surface area contributed by atoms with Crippen LogP contribution in [0.3, 0.4) is 0 Å². The molecule has 3 nitrogen and oxygen atoms in total. The molecule has 2 fully saturated rings. The maximum Gasteiger partial charge on any atom is 1.00 e. The zero-order chi connectivity index (χ0) is 7.56. The van der Waals surface area contributed by atoms with Gasteiger partial charge in [-0.3, -0.25) is 0 Å². The van der Waals surface area contributed by atoms with E-state index in [1.54, 1.807) is 0 Å². The van der Waals surface area contributed by atoms with Gasteiger partial charge in [-0.05, 0) is 13.0 Å². The van der Waals surface area contributed by atoms with Gasteiger partial charge in [0.25, 0.3) is 0 Å². The maximum atomic E-state index is 9.18. The number of piperidine rings is 1. The predicted molar refractivity (Wildman–Crippen MR) is 36.5 cm³/mol. The molecule has 0 aromatic carbocycles. The molecular formula is C7H14NNaO2. The van der Waals surface area contributed by atoms with E-state index in [9.17, 15) is 5.11 Å². The fourth-order valence-electron chi connectivity index (χ4n) is 1.76. The molecular weight excluding hydrogens is 153 g/mol. The summed E-state index contributed by atoms with van der Waals surface area (Å²) in [6, 6.07) is 0. The Hall–Kier alpha value is 0.880. The smallest absolute Gasteiger partial charge is 0.857 e. The number of nitrogens with zero attached hydrogens (tertiary/aromatic N) is 1. The Morgan fingerprint density at radius 2 is 2.00 bits per heavy atom. The van der Waals surface area contributed by atoms with Crippen molar-refractivity contribution in [1.29, 1.82) is 0 Å². The second kappa shape index (κ2) is 5.51. The van der Waals surface area contributed by atoms with E-state index in [1.807, 2.05) is 0 Å². The van der Waals surface area contributed by atoms with Crippen LogP contribution in [-0.2, 0) is 0 Å². The van der Waals surface area contributed by atoms with Crippen molar-refractivity contribution in [2.75, 3.05) is 26.7 Å². The standard InChI is InChI=1S/C6H11NO.CH3O.Na/c8-6-4-7-2-1-5(6)3-7;1-2;/h5-6,8H,1-4H2;1H3;/q;-1;+1. The number of fused-ring (bicyclic) bond motifs is 2. The van der Waals surface area contributed by atoms with Crippen molar-refractivity contribution in [2.45, 2.75) is 12.5 Å². The molecule has 2 aliphatic rings. The summed E-state index contributed by atoms with van der Waals surface area (Å²) in [7, 11) is 0.750. The zero-order valence-electron chi connectivity index (χ0n) is 7.29. The molecule has 11 heavy (non-hydrogen) atoms. The normalized spacial score (nSPS) is 39.0. The van der Waals surface area contributed by atoms with Crippen LogP contribution in [0.1, 0.15) is 6.42 Å². The van der Waals surface area contributed by atoms with Crippen LogP contribution in [0, 0.1) is 5.92 Å². The van der Waals surface area contributed by atoms with Gasteiger partial charge in [0.1, 0.15) is 0 Å². The van der Waals surface area contributed by atoms with Crippen LogP contribution >= 0.6 is 0 Å². The van der Waals surface area contributed by atoms with Gasteiger partial charge in [-0.2, -0.15) is 7.11 Å². The third kappa shape index (κ3) is 2.68. The van der Waals surface area contributed by atoms with Crippen LogP contribution in [0.4, 0.5) is 0 Å². The summed E-state index contributed by atoms with van der Waals surface area (Å²) in [5.74, 6) is 0.620. The van der Waals surface area contributed by atoms with Gasteiger partial charge in [0.2, 0.25) is 0 Å². The summed E-state index contributed by atoms with van der Waals surface area (Å²) in [5.41, 5.74) is 0. The minimum atomic E-state index is 0. The molecule has 0 amide bonds. The largest absolute Gasteiger partial charge is 1.00 e. The Kier molecular flexibility index (Phi) is 5.95. The Morgan fingerprint density at radius 3 is 2.18 bits per heavy atom. The summed E-state index contributed by atoms with van der Waals surface area (Å²) in [5, 5.41) is 17.4. The molecule has 1 N–H and O–H groups in total. The molecule has 3 unspecified atom stereocenters. The molecule has 3 atom stereocenters. The average Bonchev–Trinajstić information content (AvgIpc) is 2.52. The number of aliphatic hydroxyl groups excluding tert-OH is 1. The average molecular weight is 167 g/mol. The van der Waals surface area contributed by atoms with Crippen molar-refractivity contribution in [3.05, 3.63) is 0 Å². The van der Waals surface area contributed by atoms with Gasteiger partial charge in [0, 0.05) is 19.0 Å². The van der Waals surface area contributed by atoms with E-state index in [0.717, 1.165) is 20.2 Å². The number of aliphatic hydroxyl groups is 1. The Balaban J connectivity index is 0.000000311. The third-order valence-corrected chi connectivity index (χ3v) is 2.30. The van der Waals surface area contributed by atoms with Gasteiger partial charge in [-0.15, -0.1) is 0 Å². The fourth-order valence-corrected chi connectivity index (χ4v) is 1.76. The first-order chi connectivity index (χ1) is 4.86. The van der Waals surface area contributed by atoms with E-state index in [4.69, 9.17) is 5.11 Å². The first-order valence-electron chi connectivity index (χ1n) is 3.67. The van der Waals surface area contributed by atoms with E-state index in [2.05, 4.69) is 4.90 Å². The molecule has 0 radical (unpaired) electrons. The molecule has 2 rings (SSSR count). The van der Waals surface area contributed by atoms with Gasteiger partial charge in [-0.25, -0.2) is 0 Å². The summed E-state index contributed by atoms with van der Waals surface area (Å²) < 4.78 is 0. The van der Waals surface area contributed by atoms with Crippen LogP contribution in [0.25, 0.3) is 0 Å². The summed E-state index contributed by atoms with van der Waals surface area (Å²) >= 11 is 0. The van der Waals surface area contributed by atoms with Crippen molar-refractivity contribution in [3.8, 4) is 0 Å². The zero-order valence-corrected chi connectivity index (χ0v) is 9.29. The molecule has 2 aliphatic heterocycles. The summed E-state index contributed by atoms with van der Waals surface area (Å²) in [4.78, 5) is 2.33. The SMILES string of the molecule is C[O-].OC1CN2CCC1C2.[Na+]. The minimum Gasteiger partial charge on any atom is -0.857 e. The van der Waals surface area contributed by atoms with Crippen LogP contribution in [0.15, 0.2) is 0 Å². The summed E-state index contributed by atoms with van der Waals surface area (Å²) in [6.45, 7) is 3.31. The number of hydrogen-bond acceptors (Lipinski definition) is 3. The van der Waals surface area contributed by atoms with Crippen LogP contribution in [0.2, 0.25) is 0 Å². The van der Waals surface area contributed by atoms with Crippen LogP contribution in [-0.4, -0.2) is 42.9 Å². The minimum absolute atomic E-state index is 0. The quantitative estimate of drug-likeness (QED) is 0.371. The molecule has 2 bridgehead atoms. The molecule has 0 saturated carbocycles. The molecule has 0 aromatic heterocycles. The molecule has 2 heterocycles. The molecule has 0 aliphatic carbocycles. The van der Waals surface area contributed by atoms with Crippen LogP contribution in [0.5, 0.6) is 0 Å². The van der Waals surface area contributed by atoms with Gasteiger partial charge < -0.3 is 15.1 Å². The van der Waals surface area contributed by atoms with E-state index in [-0.39, 0.29) is 35.7 Å². The van der Waals surface area contributed by atoms with Crippen LogP contribution < -0.4 is 34.7 Å². The van der Waals surface area contributed by atoms with Gasteiger partial charge in [0.15, 0.2) is 0 Å². The Labute approximate surface area is 89.7 Å². The molecule has 0 spiro atoms. The van der Waals surface area contributed by atoms with Crippen molar-refractivity contribution >= 4 is 0 Å². The monoisotopic (exact) mass is 167 g/mol. The molecule has 2 saturated heterocycles. The van der Waals surface area contributed by atoms with E-state index in [0.29, 0.717) is 5.92 Å². The second-order valence-corrected chi connectivity index (χ2v) is 2.88. The fraction of sp³-hybridized carbons (Fsp3) is 1.00. The number of hydrogen-bond donors (Lipinski definition) is 1. The van der Waals surface area contributed by atoms with Crippen molar-refractivity contribution < 1.29 is 39.8 Å². The molecule has 60 valence electrons. The van der Waals surface area contributed by atoms with E-state index in [1.165, 1.54) is 13.0 Å². The Bertz CT molecular complexity index is 111. The van der Waals surface area contributed by atoms with E-state index >= 15 is 0 Å². The summed E-state index contributed by atoms with van der Waals surface area (Å²) in [6.07, 6.45) is 1.23. The number of rotatable bonds is 0. The van der Waals surface area contributed by atoms with Gasteiger partial charge in [-0.1, -0.05) is 0 Å². The molecule has 0 aromatic rings.